The second kappa shape index (κ2) is 5.06. The van der Waals surface area contributed by atoms with Crippen LogP contribution in [-0.4, -0.2) is 23.3 Å². The van der Waals surface area contributed by atoms with Gasteiger partial charge in [-0.05, 0) is 32.0 Å². The van der Waals surface area contributed by atoms with E-state index in [-0.39, 0.29) is 0 Å². The largest absolute Gasteiger partial charge is 0.496 e. The highest BCUT2D eigenvalue weighted by Gasteiger charge is 2.38. The molecule has 0 saturated heterocycles. The van der Waals surface area contributed by atoms with E-state index in [0.29, 0.717) is 11.3 Å². The topological polar surface area (TPSA) is 66.8 Å². The van der Waals surface area contributed by atoms with Crippen LogP contribution in [0.4, 0.5) is 0 Å². The van der Waals surface area contributed by atoms with Crippen molar-refractivity contribution < 1.29 is 19.7 Å². The molecule has 17 heavy (non-hydrogen) atoms. The Morgan fingerprint density at radius 3 is 2.53 bits per heavy atom. The Bertz CT molecular complexity index is 429. The van der Waals surface area contributed by atoms with E-state index in [1.54, 1.807) is 18.2 Å². The lowest BCUT2D eigenvalue weighted by Gasteiger charge is -2.27. The van der Waals surface area contributed by atoms with Gasteiger partial charge in [0.15, 0.2) is 0 Å². The minimum atomic E-state index is -1.28. The van der Waals surface area contributed by atoms with Gasteiger partial charge in [-0.15, -0.1) is 0 Å². The van der Waals surface area contributed by atoms with Crippen LogP contribution in [0.1, 0.15) is 25.5 Å². The maximum Gasteiger partial charge on any atom is 0.312 e. The summed E-state index contributed by atoms with van der Waals surface area (Å²) in [7, 11) is 1.48. The quantitative estimate of drug-likeness (QED) is 0.897. The van der Waals surface area contributed by atoms with Gasteiger partial charge in [-0.25, -0.2) is 0 Å². The van der Waals surface area contributed by atoms with Gasteiger partial charge in [0, 0.05) is 10.0 Å². The third kappa shape index (κ3) is 2.79. The number of carboxylic acids is 1. The Morgan fingerprint density at radius 2 is 2.06 bits per heavy atom. The molecule has 0 heterocycles. The van der Waals surface area contributed by atoms with Crippen LogP contribution in [0.5, 0.6) is 5.75 Å². The van der Waals surface area contributed by atoms with Gasteiger partial charge in [-0.3, -0.25) is 4.79 Å². The minimum absolute atomic E-state index is 0.453. The second-order valence-corrected chi connectivity index (χ2v) is 5.23. The molecule has 5 heteroatoms. The average Bonchev–Trinajstić information content (AvgIpc) is 2.27. The fraction of sp³-hybridized carbons (Fsp3) is 0.417. The summed E-state index contributed by atoms with van der Waals surface area (Å²) < 4.78 is 5.88. The molecule has 1 aromatic carbocycles. The molecule has 1 atom stereocenters. The van der Waals surface area contributed by atoms with Gasteiger partial charge in [-0.1, -0.05) is 15.9 Å². The number of carboxylic acid groups (broad SMARTS) is 1. The highest BCUT2D eigenvalue weighted by atomic mass is 79.9. The maximum atomic E-state index is 11.1. The average molecular weight is 303 g/mol. The van der Waals surface area contributed by atoms with Crippen molar-refractivity contribution in [3.63, 3.8) is 0 Å². The van der Waals surface area contributed by atoms with Crippen LogP contribution in [0.2, 0.25) is 0 Å². The van der Waals surface area contributed by atoms with Gasteiger partial charge in [0.2, 0.25) is 0 Å². The zero-order chi connectivity index (χ0) is 13.2. The number of aliphatic carboxylic acids is 1. The van der Waals surface area contributed by atoms with E-state index in [4.69, 9.17) is 9.84 Å². The van der Waals surface area contributed by atoms with Gasteiger partial charge in [0.05, 0.1) is 18.6 Å². The van der Waals surface area contributed by atoms with Crippen molar-refractivity contribution in [2.75, 3.05) is 7.11 Å². The van der Waals surface area contributed by atoms with Crippen LogP contribution >= 0.6 is 15.9 Å². The van der Waals surface area contributed by atoms with Crippen molar-refractivity contribution in [1.29, 1.82) is 0 Å². The number of aliphatic hydroxyl groups excluding tert-OH is 1. The first-order valence-corrected chi connectivity index (χ1v) is 5.85. The molecule has 2 N–H and O–H groups in total. The highest BCUT2D eigenvalue weighted by molar-refractivity contribution is 9.10. The Labute approximate surface area is 108 Å². The van der Waals surface area contributed by atoms with Crippen molar-refractivity contribution >= 4 is 21.9 Å². The highest BCUT2D eigenvalue weighted by Crippen LogP contribution is 2.39. The number of halogens is 1. The van der Waals surface area contributed by atoms with Crippen LogP contribution in [0, 0.1) is 5.41 Å². The van der Waals surface area contributed by atoms with Gasteiger partial charge < -0.3 is 14.9 Å². The smallest absolute Gasteiger partial charge is 0.312 e. The molecule has 0 aromatic heterocycles. The molecule has 1 aromatic rings. The number of methoxy groups -OCH3 is 1. The Balaban J connectivity index is 3.23. The Morgan fingerprint density at radius 1 is 1.47 bits per heavy atom. The first-order chi connectivity index (χ1) is 7.80. The molecule has 0 spiro atoms. The molecule has 0 aliphatic carbocycles. The van der Waals surface area contributed by atoms with Gasteiger partial charge in [0.25, 0.3) is 0 Å². The van der Waals surface area contributed by atoms with Crippen molar-refractivity contribution in [1.82, 2.24) is 0 Å². The van der Waals surface area contributed by atoms with Crippen molar-refractivity contribution in [2.45, 2.75) is 20.0 Å². The number of aliphatic hydroxyl groups is 1. The molecule has 1 rings (SSSR count). The molecule has 0 radical (unpaired) electrons. The summed E-state index contributed by atoms with van der Waals surface area (Å²) in [5, 5.41) is 19.3. The fourth-order valence-corrected chi connectivity index (χ4v) is 1.80. The Hall–Kier alpha value is -1.07. The molecule has 0 aliphatic heterocycles. The molecular formula is C12H15BrO4. The number of carbonyl (C=O) groups is 1. The first kappa shape index (κ1) is 14.0. The van der Waals surface area contributed by atoms with E-state index in [1.165, 1.54) is 21.0 Å². The van der Waals surface area contributed by atoms with E-state index in [9.17, 15) is 9.90 Å². The van der Waals surface area contributed by atoms with E-state index in [2.05, 4.69) is 15.9 Å². The molecule has 0 amide bonds. The molecule has 0 fully saturated rings. The van der Waals surface area contributed by atoms with Crippen molar-refractivity contribution in [2.24, 2.45) is 5.41 Å². The van der Waals surface area contributed by atoms with E-state index in [1.807, 2.05) is 0 Å². The summed E-state index contributed by atoms with van der Waals surface area (Å²) in [5.74, 6) is -0.595. The summed E-state index contributed by atoms with van der Waals surface area (Å²) in [4.78, 5) is 11.1. The van der Waals surface area contributed by atoms with E-state index in [0.717, 1.165) is 4.47 Å². The van der Waals surface area contributed by atoms with E-state index < -0.39 is 17.5 Å². The molecule has 0 saturated carbocycles. The standard InChI is InChI=1S/C12H15BrO4/c1-12(2,11(15)16)10(14)8-6-7(13)4-5-9(8)17-3/h4-6,10,14H,1-3H3,(H,15,16). The van der Waals surface area contributed by atoms with Gasteiger partial charge in [0.1, 0.15) is 5.75 Å². The second-order valence-electron chi connectivity index (χ2n) is 4.32. The monoisotopic (exact) mass is 302 g/mol. The first-order valence-electron chi connectivity index (χ1n) is 5.05. The zero-order valence-corrected chi connectivity index (χ0v) is 11.5. The molecule has 1 unspecified atom stereocenters. The predicted octanol–water partition coefficient (Wildman–Crippen LogP) is 2.60. The zero-order valence-electron chi connectivity index (χ0n) is 9.90. The fourth-order valence-electron chi connectivity index (χ4n) is 1.42. The summed E-state index contributed by atoms with van der Waals surface area (Å²) >= 11 is 3.28. The van der Waals surface area contributed by atoms with Crippen LogP contribution in [-0.2, 0) is 4.79 Å². The van der Waals surface area contributed by atoms with Crippen LogP contribution in [0.3, 0.4) is 0 Å². The lowest BCUT2D eigenvalue weighted by atomic mass is 9.82. The minimum Gasteiger partial charge on any atom is -0.496 e. The number of hydrogen-bond acceptors (Lipinski definition) is 3. The van der Waals surface area contributed by atoms with Crippen LogP contribution < -0.4 is 4.74 Å². The maximum absolute atomic E-state index is 11.1. The summed E-state index contributed by atoms with van der Waals surface area (Å²) in [6, 6.07) is 5.11. The number of benzene rings is 1. The SMILES string of the molecule is COc1ccc(Br)cc1C(O)C(C)(C)C(=O)O. The molecule has 0 aliphatic rings. The summed E-state index contributed by atoms with van der Waals surface area (Å²) in [6.45, 7) is 2.95. The summed E-state index contributed by atoms with van der Waals surface area (Å²) in [5.41, 5.74) is -0.831. The third-order valence-electron chi connectivity index (χ3n) is 2.72. The molecular weight excluding hydrogens is 288 g/mol. The van der Waals surface area contributed by atoms with Crippen molar-refractivity contribution in [3.8, 4) is 5.75 Å². The lowest BCUT2D eigenvalue weighted by Crippen LogP contribution is -2.31. The molecule has 4 nitrogen and oxygen atoms in total. The van der Waals surface area contributed by atoms with Gasteiger partial charge >= 0.3 is 5.97 Å². The third-order valence-corrected chi connectivity index (χ3v) is 3.21. The number of ether oxygens (including phenoxy) is 1. The molecule has 94 valence electrons. The lowest BCUT2D eigenvalue weighted by molar-refractivity contribution is -0.153. The Kier molecular flexibility index (Phi) is 4.16. The van der Waals surface area contributed by atoms with Gasteiger partial charge in [-0.2, -0.15) is 0 Å². The van der Waals surface area contributed by atoms with Crippen LogP contribution in [0.25, 0.3) is 0 Å². The van der Waals surface area contributed by atoms with Crippen molar-refractivity contribution in [3.05, 3.63) is 28.2 Å². The molecule has 0 bridgehead atoms. The number of rotatable bonds is 4. The summed E-state index contributed by atoms with van der Waals surface area (Å²) in [6.07, 6.45) is -1.15. The number of hydrogen-bond donors (Lipinski definition) is 2. The van der Waals surface area contributed by atoms with E-state index >= 15 is 0 Å². The van der Waals surface area contributed by atoms with Crippen LogP contribution in [0.15, 0.2) is 22.7 Å². The normalized spacial score (nSPS) is 13.2. The predicted molar refractivity (Wildman–Crippen MR) is 67.1 cm³/mol.